The number of esters is 1. The Bertz CT molecular complexity index is 2130. The normalized spacial score (nSPS) is 11.3. The molecule has 0 aliphatic rings. The van der Waals surface area contributed by atoms with Gasteiger partial charge in [-0.1, -0.05) is 41.6 Å². The summed E-state index contributed by atoms with van der Waals surface area (Å²) in [5.74, 6) is 0.129. The number of para-hydroxylation sites is 1. The molecule has 0 aliphatic carbocycles. The molecule has 0 radical (unpaired) electrons. The van der Waals surface area contributed by atoms with Crippen molar-refractivity contribution in [3.05, 3.63) is 135 Å². The monoisotopic (exact) mass is 701 g/mol. The van der Waals surface area contributed by atoms with Crippen LogP contribution in [0.1, 0.15) is 47.1 Å². The first-order valence-corrected chi connectivity index (χ1v) is 17.3. The molecule has 0 N–H and O–H groups in total. The molecule has 5 rings (SSSR count). The van der Waals surface area contributed by atoms with E-state index in [-0.39, 0.29) is 43.9 Å². The highest BCUT2D eigenvalue weighted by molar-refractivity contribution is 7.93. The quantitative estimate of drug-likeness (QED) is 0.0644. The topological polar surface area (TPSA) is 142 Å². The predicted molar refractivity (Wildman–Crippen MR) is 185 cm³/mol. The standard InChI is InChI=1S/C37H36FN3O8S/c1-5-47-36(42)16-14-28-13-15-31(21-33(28)38)40(50(45,46)35-12-7-6-11-34(35)41(43)44)22-27-9-8-10-29(20-27)37-24(2)17-32(18-25(37)3)48-23-30-19-26(4)49-39-30/h6-13,15,17-21H,5,14,16,22-23H2,1-4H3. The van der Waals surface area contributed by atoms with Crippen molar-refractivity contribution >= 4 is 27.4 Å². The summed E-state index contributed by atoms with van der Waals surface area (Å²) in [6, 6.07) is 21.8. The molecule has 0 aliphatic heterocycles. The fraction of sp³-hybridized carbons (Fsp3) is 0.243. The van der Waals surface area contributed by atoms with Crippen LogP contribution in [-0.4, -0.2) is 31.1 Å². The Morgan fingerprint density at radius 2 is 1.72 bits per heavy atom. The summed E-state index contributed by atoms with van der Waals surface area (Å²) >= 11 is 0. The van der Waals surface area contributed by atoms with Crippen LogP contribution >= 0.6 is 0 Å². The molecule has 4 aromatic carbocycles. The number of benzene rings is 4. The molecule has 0 spiro atoms. The minimum atomic E-state index is -4.60. The van der Waals surface area contributed by atoms with E-state index in [0.717, 1.165) is 44.8 Å². The van der Waals surface area contributed by atoms with Crippen molar-refractivity contribution < 1.29 is 36.5 Å². The van der Waals surface area contributed by atoms with Crippen molar-refractivity contribution in [3.63, 3.8) is 0 Å². The number of aromatic nitrogens is 1. The molecule has 1 aromatic heterocycles. The van der Waals surface area contributed by atoms with Crippen molar-refractivity contribution in [3.8, 4) is 16.9 Å². The van der Waals surface area contributed by atoms with Crippen molar-refractivity contribution in [1.82, 2.24) is 5.16 Å². The van der Waals surface area contributed by atoms with Gasteiger partial charge < -0.3 is 14.0 Å². The van der Waals surface area contributed by atoms with Crippen LogP contribution in [0.4, 0.5) is 15.8 Å². The van der Waals surface area contributed by atoms with E-state index in [0.29, 0.717) is 22.8 Å². The third-order valence-corrected chi connectivity index (χ3v) is 9.79. The second-order valence-electron chi connectivity index (χ2n) is 11.7. The summed E-state index contributed by atoms with van der Waals surface area (Å²) in [6.07, 6.45) is -0.00529. The van der Waals surface area contributed by atoms with E-state index in [2.05, 4.69) is 5.16 Å². The molecule has 5 aromatic rings. The molecule has 0 bridgehead atoms. The Morgan fingerprint density at radius 3 is 2.38 bits per heavy atom. The molecule has 50 heavy (non-hydrogen) atoms. The number of hydrogen-bond acceptors (Lipinski definition) is 9. The molecular weight excluding hydrogens is 665 g/mol. The minimum Gasteiger partial charge on any atom is -0.487 e. The number of halogens is 1. The van der Waals surface area contributed by atoms with E-state index >= 15 is 4.39 Å². The number of hydrogen-bond donors (Lipinski definition) is 0. The summed E-state index contributed by atoms with van der Waals surface area (Å²) in [7, 11) is -4.60. The van der Waals surface area contributed by atoms with Crippen LogP contribution < -0.4 is 9.04 Å². The van der Waals surface area contributed by atoms with Crippen molar-refractivity contribution in [2.45, 2.75) is 58.6 Å². The highest BCUT2D eigenvalue weighted by atomic mass is 32.2. The number of nitrogens with zero attached hydrogens (tertiary/aromatic N) is 3. The van der Waals surface area contributed by atoms with Gasteiger partial charge in [-0.15, -0.1) is 0 Å². The summed E-state index contributed by atoms with van der Waals surface area (Å²) in [4.78, 5) is 22.4. The van der Waals surface area contributed by atoms with Crippen molar-refractivity contribution in [1.29, 1.82) is 0 Å². The van der Waals surface area contributed by atoms with Crippen LogP contribution in [-0.2, 0) is 39.1 Å². The average Bonchev–Trinajstić information content (AvgIpc) is 3.50. The van der Waals surface area contributed by atoms with Gasteiger partial charge in [-0.2, -0.15) is 0 Å². The largest absolute Gasteiger partial charge is 0.487 e. The molecule has 0 unspecified atom stereocenters. The van der Waals surface area contributed by atoms with Crippen molar-refractivity contribution in [2.24, 2.45) is 0 Å². The fourth-order valence-corrected chi connectivity index (χ4v) is 7.33. The number of nitro groups is 1. The molecule has 0 amide bonds. The second kappa shape index (κ2) is 15.3. The SMILES string of the molecule is CCOC(=O)CCc1ccc(N(Cc2cccc(-c3c(C)cc(OCc4cc(C)on4)cc3C)c2)S(=O)(=O)c2ccccc2[N+](=O)[O-])cc1F. The number of carbonyl (C=O) groups excluding carboxylic acids is 1. The molecule has 13 heteroatoms. The first-order valence-electron chi connectivity index (χ1n) is 15.8. The van der Waals surface area contributed by atoms with E-state index in [1.807, 2.05) is 38.1 Å². The summed E-state index contributed by atoms with van der Waals surface area (Å²) in [5, 5.41) is 15.8. The van der Waals surface area contributed by atoms with Gasteiger partial charge >= 0.3 is 5.97 Å². The maximum atomic E-state index is 15.4. The van der Waals surface area contributed by atoms with Gasteiger partial charge in [0.15, 0.2) is 4.90 Å². The summed E-state index contributed by atoms with van der Waals surface area (Å²) in [6.45, 7) is 7.54. The maximum absolute atomic E-state index is 15.4. The highest BCUT2D eigenvalue weighted by Crippen LogP contribution is 2.35. The van der Waals surface area contributed by atoms with Gasteiger partial charge in [-0.3, -0.25) is 19.2 Å². The van der Waals surface area contributed by atoms with E-state index < -0.39 is 37.3 Å². The smallest absolute Gasteiger partial charge is 0.306 e. The van der Waals surface area contributed by atoms with E-state index in [4.69, 9.17) is 14.0 Å². The zero-order valence-electron chi connectivity index (χ0n) is 28.0. The lowest BCUT2D eigenvalue weighted by molar-refractivity contribution is -0.387. The molecule has 260 valence electrons. The second-order valence-corrected chi connectivity index (χ2v) is 13.5. The number of ether oxygens (including phenoxy) is 2. The van der Waals surface area contributed by atoms with E-state index in [1.165, 1.54) is 24.3 Å². The number of sulfonamides is 1. The molecule has 0 saturated carbocycles. The maximum Gasteiger partial charge on any atom is 0.306 e. The Kier molecular flexibility index (Phi) is 11.0. The number of rotatable bonds is 14. The highest BCUT2D eigenvalue weighted by Gasteiger charge is 2.32. The lowest BCUT2D eigenvalue weighted by Crippen LogP contribution is -2.31. The van der Waals surface area contributed by atoms with Gasteiger partial charge in [0.25, 0.3) is 15.7 Å². The molecular formula is C37H36FN3O8S. The zero-order chi connectivity index (χ0) is 36.0. The van der Waals surface area contributed by atoms with Gasteiger partial charge in [0.05, 0.1) is 23.8 Å². The van der Waals surface area contributed by atoms with Gasteiger partial charge in [-0.25, -0.2) is 12.8 Å². The molecule has 1 heterocycles. The summed E-state index contributed by atoms with van der Waals surface area (Å²) in [5.41, 5.74) is 4.32. The Balaban J connectivity index is 1.50. The molecule has 0 atom stereocenters. The zero-order valence-corrected chi connectivity index (χ0v) is 28.8. The lowest BCUT2D eigenvalue weighted by atomic mass is 9.94. The Morgan fingerprint density at radius 1 is 0.980 bits per heavy atom. The molecule has 11 nitrogen and oxygen atoms in total. The average molecular weight is 702 g/mol. The van der Waals surface area contributed by atoms with Crippen LogP contribution in [0.3, 0.4) is 0 Å². The third-order valence-electron chi connectivity index (χ3n) is 7.97. The molecule has 0 saturated heterocycles. The van der Waals surface area contributed by atoms with Crippen LogP contribution in [0.2, 0.25) is 0 Å². The summed E-state index contributed by atoms with van der Waals surface area (Å²) < 4.78 is 60.8. The number of nitro benzene ring substituents is 1. The van der Waals surface area contributed by atoms with Crippen LogP contribution in [0.15, 0.2) is 94.3 Å². The fourth-order valence-electron chi connectivity index (χ4n) is 5.72. The van der Waals surface area contributed by atoms with Crippen LogP contribution in [0, 0.1) is 36.7 Å². The first-order chi connectivity index (χ1) is 23.9. The number of anilines is 1. The van der Waals surface area contributed by atoms with Gasteiger partial charge in [0.1, 0.15) is 29.6 Å². The van der Waals surface area contributed by atoms with Gasteiger partial charge in [0.2, 0.25) is 0 Å². The lowest BCUT2D eigenvalue weighted by Gasteiger charge is -2.25. The number of aryl methyl sites for hydroxylation is 4. The van der Waals surface area contributed by atoms with E-state index in [1.54, 1.807) is 32.0 Å². The number of carbonyl (C=O) groups is 1. The molecule has 0 fully saturated rings. The van der Waals surface area contributed by atoms with Crippen LogP contribution in [0.25, 0.3) is 11.1 Å². The van der Waals surface area contributed by atoms with Crippen LogP contribution in [0.5, 0.6) is 5.75 Å². The Hall–Kier alpha value is -5.56. The third kappa shape index (κ3) is 8.17. The van der Waals surface area contributed by atoms with Gasteiger partial charge in [0, 0.05) is 18.6 Å². The minimum absolute atomic E-state index is 0.0397. The predicted octanol–water partition coefficient (Wildman–Crippen LogP) is 7.78. The Labute approximate surface area is 289 Å². The van der Waals surface area contributed by atoms with Crippen molar-refractivity contribution in [2.75, 3.05) is 10.9 Å². The van der Waals surface area contributed by atoms with Gasteiger partial charge in [-0.05, 0) is 104 Å². The van der Waals surface area contributed by atoms with E-state index in [9.17, 15) is 23.3 Å². The first kappa shape index (κ1) is 35.7.